The Morgan fingerprint density at radius 2 is 2.00 bits per heavy atom. The summed E-state index contributed by atoms with van der Waals surface area (Å²) in [4.78, 5) is 23.3. The quantitative estimate of drug-likeness (QED) is 0.563. The molecule has 1 atom stereocenters. The van der Waals surface area contributed by atoms with E-state index in [2.05, 4.69) is 5.32 Å². The monoisotopic (exact) mass is 372 g/mol. The van der Waals surface area contributed by atoms with Crippen molar-refractivity contribution in [3.8, 4) is 17.6 Å². The van der Waals surface area contributed by atoms with Gasteiger partial charge in [-0.25, -0.2) is 4.79 Å². The summed E-state index contributed by atoms with van der Waals surface area (Å²) in [6.07, 6.45) is 5.68. The lowest BCUT2D eigenvalue weighted by atomic mass is 9.95. The molecular formula is C20H24N2O5. The number of nitrogens with one attached hydrogen (secondary N) is 1. The molecule has 1 aromatic carbocycles. The van der Waals surface area contributed by atoms with Crippen LogP contribution in [0.2, 0.25) is 0 Å². The largest absolute Gasteiger partial charge is 0.493 e. The van der Waals surface area contributed by atoms with E-state index >= 15 is 0 Å². The molecule has 1 unspecified atom stereocenters. The zero-order valence-electron chi connectivity index (χ0n) is 15.5. The van der Waals surface area contributed by atoms with Gasteiger partial charge in [-0.15, -0.1) is 0 Å². The van der Waals surface area contributed by atoms with Gasteiger partial charge in [-0.05, 0) is 43.5 Å². The predicted octanol–water partition coefficient (Wildman–Crippen LogP) is 2.90. The number of aliphatic carboxylic acids is 1. The minimum atomic E-state index is -1.09. The Bertz CT molecular complexity index is 760. The molecule has 1 aliphatic rings. The zero-order valence-corrected chi connectivity index (χ0v) is 15.5. The second-order valence-corrected chi connectivity index (χ2v) is 6.49. The number of carbonyl (C=O) groups is 2. The molecule has 0 spiro atoms. The molecule has 0 aliphatic heterocycles. The van der Waals surface area contributed by atoms with Gasteiger partial charge in [0.25, 0.3) is 5.91 Å². The summed E-state index contributed by atoms with van der Waals surface area (Å²) in [6.45, 7) is 1.42. The van der Waals surface area contributed by atoms with Crippen molar-refractivity contribution in [2.45, 2.75) is 51.2 Å². The van der Waals surface area contributed by atoms with Gasteiger partial charge in [0, 0.05) is 6.04 Å². The van der Waals surface area contributed by atoms with Crippen LogP contribution in [0.25, 0.3) is 6.08 Å². The van der Waals surface area contributed by atoms with E-state index in [4.69, 9.17) is 14.6 Å². The summed E-state index contributed by atoms with van der Waals surface area (Å²) in [5.41, 5.74) is 0.590. The highest BCUT2D eigenvalue weighted by Crippen LogP contribution is 2.30. The summed E-state index contributed by atoms with van der Waals surface area (Å²) < 4.78 is 10.6. The lowest BCUT2D eigenvalue weighted by molar-refractivity contribution is -0.144. The number of amides is 1. The average Bonchev–Trinajstić information content (AvgIpc) is 2.67. The molecule has 0 heterocycles. The molecule has 2 rings (SSSR count). The van der Waals surface area contributed by atoms with E-state index in [-0.39, 0.29) is 23.3 Å². The molecule has 7 nitrogen and oxygen atoms in total. The number of carboxylic acid groups (broad SMARTS) is 1. The van der Waals surface area contributed by atoms with Crippen LogP contribution in [0, 0.1) is 11.3 Å². The number of hydrogen-bond donors (Lipinski definition) is 2. The molecule has 144 valence electrons. The van der Waals surface area contributed by atoms with Gasteiger partial charge in [-0.2, -0.15) is 5.26 Å². The molecule has 0 saturated heterocycles. The van der Waals surface area contributed by atoms with Crippen LogP contribution >= 0.6 is 0 Å². The first-order chi connectivity index (χ1) is 12.9. The van der Waals surface area contributed by atoms with Crippen molar-refractivity contribution in [2.24, 2.45) is 0 Å². The van der Waals surface area contributed by atoms with E-state index in [1.165, 1.54) is 26.5 Å². The summed E-state index contributed by atoms with van der Waals surface area (Å²) in [7, 11) is 1.43. The zero-order chi connectivity index (χ0) is 19.8. The van der Waals surface area contributed by atoms with Crippen LogP contribution in [-0.4, -0.2) is 36.2 Å². The van der Waals surface area contributed by atoms with E-state index in [9.17, 15) is 14.9 Å². The lowest BCUT2D eigenvalue weighted by Crippen LogP contribution is -2.36. The number of carbonyl (C=O) groups excluding carboxylic acids is 1. The lowest BCUT2D eigenvalue weighted by Gasteiger charge is -2.22. The predicted molar refractivity (Wildman–Crippen MR) is 99.3 cm³/mol. The Morgan fingerprint density at radius 1 is 1.30 bits per heavy atom. The molecule has 0 bridgehead atoms. The topological polar surface area (TPSA) is 109 Å². The summed E-state index contributed by atoms with van der Waals surface area (Å²) >= 11 is 0. The maximum absolute atomic E-state index is 12.4. The van der Waals surface area contributed by atoms with Crippen molar-refractivity contribution in [1.29, 1.82) is 5.26 Å². The number of nitriles is 1. The van der Waals surface area contributed by atoms with Crippen LogP contribution in [0.1, 0.15) is 44.6 Å². The summed E-state index contributed by atoms with van der Waals surface area (Å²) in [5.74, 6) is -0.882. The average molecular weight is 372 g/mol. The minimum absolute atomic E-state index is 0.00944. The molecule has 1 aromatic rings. The Labute approximate surface area is 158 Å². The second kappa shape index (κ2) is 9.62. The fraction of sp³-hybridized carbons (Fsp3) is 0.450. The third-order valence-electron chi connectivity index (χ3n) is 4.46. The maximum Gasteiger partial charge on any atom is 0.344 e. The Kier molecular flexibility index (Phi) is 7.24. The number of hydrogen-bond acceptors (Lipinski definition) is 5. The second-order valence-electron chi connectivity index (χ2n) is 6.49. The van der Waals surface area contributed by atoms with Crippen LogP contribution < -0.4 is 14.8 Å². The SMILES string of the molecule is COc1cc(/C=C(/C#N)C(=O)NC2CCCCC2)ccc1OC(C)C(=O)O. The number of benzene rings is 1. The van der Waals surface area contributed by atoms with Crippen molar-refractivity contribution in [3.05, 3.63) is 29.3 Å². The highest BCUT2D eigenvalue weighted by Gasteiger charge is 2.19. The van der Waals surface area contributed by atoms with Crippen LogP contribution in [0.3, 0.4) is 0 Å². The molecule has 0 radical (unpaired) electrons. The summed E-state index contributed by atoms with van der Waals surface area (Å²) in [5, 5.41) is 21.2. The van der Waals surface area contributed by atoms with Gasteiger partial charge >= 0.3 is 5.97 Å². The number of nitrogens with zero attached hydrogens (tertiary/aromatic N) is 1. The number of ether oxygens (including phenoxy) is 2. The Hall–Kier alpha value is -3.01. The number of rotatable bonds is 7. The van der Waals surface area contributed by atoms with Crippen LogP contribution in [-0.2, 0) is 9.59 Å². The van der Waals surface area contributed by atoms with E-state index < -0.39 is 12.1 Å². The highest BCUT2D eigenvalue weighted by atomic mass is 16.5. The fourth-order valence-corrected chi connectivity index (χ4v) is 2.94. The van der Waals surface area contributed by atoms with E-state index in [1.54, 1.807) is 18.2 Å². The van der Waals surface area contributed by atoms with Gasteiger partial charge in [-0.3, -0.25) is 4.79 Å². The Balaban J connectivity index is 2.16. The van der Waals surface area contributed by atoms with Gasteiger partial charge in [0.2, 0.25) is 0 Å². The standard InChI is InChI=1S/C20H24N2O5/c1-13(20(24)25)27-17-9-8-14(11-18(17)26-2)10-15(12-21)19(23)22-16-6-4-3-5-7-16/h8-11,13,16H,3-7H2,1-2H3,(H,22,23)(H,24,25)/b15-10-. The molecule has 7 heteroatoms. The molecule has 1 aliphatic carbocycles. The van der Waals surface area contributed by atoms with Crippen molar-refractivity contribution in [3.63, 3.8) is 0 Å². The van der Waals surface area contributed by atoms with E-state index in [0.29, 0.717) is 11.3 Å². The first kappa shape index (κ1) is 20.3. The van der Waals surface area contributed by atoms with Crippen LogP contribution in [0.4, 0.5) is 0 Å². The van der Waals surface area contributed by atoms with Crippen molar-refractivity contribution < 1.29 is 24.2 Å². The molecule has 2 N–H and O–H groups in total. The van der Waals surface area contributed by atoms with Gasteiger partial charge in [-0.1, -0.05) is 25.3 Å². The molecule has 27 heavy (non-hydrogen) atoms. The minimum Gasteiger partial charge on any atom is -0.493 e. The fourth-order valence-electron chi connectivity index (χ4n) is 2.94. The van der Waals surface area contributed by atoms with Crippen LogP contribution in [0.15, 0.2) is 23.8 Å². The smallest absolute Gasteiger partial charge is 0.344 e. The maximum atomic E-state index is 12.4. The van der Waals surface area contributed by atoms with Gasteiger partial charge in [0.05, 0.1) is 7.11 Å². The third kappa shape index (κ3) is 5.74. The van der Waals surface area contributed by atoms with E-state index in [0.717, 1.165) is 25.7 Å². The Morgan fingerprint density at radius 3 is 2.59 bits per heavy atom. The van der Waals surface area contributed by atoms with Gasteiger partial charge < -0.3 is 19.9 Å². The van der Waals surface area contributed by atoms with Gasteiger partial charge in [0.15, 0.2) is 17.6 Å². The number of carboxylic acids is 1. The molecule has 1 amide bonds. The molecular weight excluding hydrogens is 348 g/mol. The van der Waals surface area contributed by atoms with Crippen LogP contribution in [0.5, 0.6) is 11.5 Å². The normalized spacial score (nSPS) is 16.1. The van der Waals surface area contributed by atoms with Gasteiger partial charge in [0.1, 0.15) is 11.6 Å². The summed E-state index contributed by atoms with van der Waals surface area (Å²) in [6, 6.07) is 6.84. The van der Waals surface area contributed by atoms with Crippen molar-refractivity contribution in [1.82, 2.24) is 5.32 Å². The van der Waals surface area contributed by atoms with E-state index in [1.807, 2.05) is 6.07 Å². The molecule has 1 fully saturated rings. The first-order valence-corrected chi connectivity index (χ1v) is 8.94. The number of methoxy groups -OCH3 is 1. The molecule has 0 aromatic heterocycles. The third-order valence-corrected chi connectivity index (χ3v) is 4.46. The van der Waals surface area contributed by atoms with Crippen molar-refractivity contribution in [2.75, 3.05) is 7.11 Å². The first-order valence-electron chi connectivity index (χ1n) is 8.94. The molecule has 1 saturated carbocycles. The van der Waals surface area contributed by atoms with Crippen molar-refractivity contribution >= 4 is 18.0 Å². The highest BCUT2D eigenvalue weighted by molar-refractivity contribution is 6.01.